The highest BCUT2D eigenvalue weighted by Crippen LogP contribution is 2.17. The summed E-state index contributed by atoms with van der Waals surface area (Å²) in [6.07, 6.45) is 51.5. The van der Waals surface area contributed by atoms with Crippen LogP contribution in [0.2, 0.25) is 0 Å². The van der Waals surface area contributed by atoms with Gasteiger partial charge in [-0.2, -0.15) is 0 Å². The molecular formula is C34H67. The minimum atomic E-state index is 1.38. The summed E-state index contributed by atoms with van der Waals surface area (Å²) >= 11 is 0. The minimum Gasteiger partial charge on any atom is -0.0533 e. The molecule has 0 bridgehead atoms. The van der Waals surface area contributed by atoms with E-state index >= 15 is 0 Å². The van der Waals surface area contributed by atoms with Gasteiger partial charge in [0.05, 0.1) is 0 Å². The highest BCUT2D eigenvalue weighted by atomic mass is 14.0. The molecule has 0 aromatic carbocycles. The van der Waals surface area contributed by atoms with Gasteiger partial charge < -0.3 is 0 Å². The molecule has 0 heteroatoms. The van der Waals surface area contributed by atoms with E-state index in [2.05, 4.69) is 6.42 Å². The quantitative estimate of drug-likeness (QED) is 0.326. The molecule has 0 nitrogen and oxygen atoms in total. The van der Waals surface area contributed by atoms with Gasteiger partial charge in [0.15, 0.2) is 0 Å². The molecule has 0 aromatic rings. The third-order valence-corrected chi connectivity index (χ3v) is 8.32. The normalized spacial score (nSPS) is 24.0. The average molecular weight is 476 g/mol. The molecule has 0 heterocycles. The molecule has 1 fully saturated rings. The van der Waals surface area contributed by atoms with E-state index in [1.54, 1.807) is 0 Å². The Morgan fingerprint density at radius 2 is 0.265 bits per heavy atom. The van der Waals surface area contributed by atoms with E-state index in [4.69, 9.17) is 0 Å². The molecule has 0 aromatic heterocycles. The van der Waals surface area contributed by atoms with Gasteiger partial charge in [-0.3, -0.25) is 0 Å². The van der Waals surface area contributed by atoms with Gasteiger partial charge in [0, 0.05) is 0 Å². The minimum absolute atomic E-state index is 1.38. The second kappa shape index (κ2) is 29.2. The van der Waals surface area contributed by atoms with Gasteiger partial charge in [-0.25, -0.2) is 0 Å². The number of rotatable bonds is 0. The maximum absolute atomic E-state index is 2.59. The standard InChI is InChI=1S/C34H67/c1-2-4-6-8-10-12-14-16-18-20-22-24-26-28-30-32-34-33-31-29-27-25-23-21-19-17-15-13-11-9-7-5-3-1/h1H,2-34H2. The van der Waals surface area contributed by atoms with E-state index < -0.39 is 0 Å². The van der Waals surface area contributed by atoms with Crippen LogP contribution >= 0.6 is 0 Å². The molecule has 1 saturated carbocycles. The molecule has 0 N–H and O–H groups in total. The first-order valence-electron chi connectivity index (χ1n) is 16.8. The van der Waals surface area contributed by atoms with E-state index in [9.17, 15) is 0 Å². The Bertz CT molecular complexity index is 173. The largest absolute Gasteiger partial charge is 0.0533 e. The van der Waals surface area contributed by atoms with Crippen molar-refractivity contribution in [1.82, 2.24) is 0 Å². The lowest BCUT2D eigenvalue weighted by molar-refractivity contribution is 0.510. The zero-order chi connectivity index (χ0) is 24.0. The van der Waals surface area contributed by atoms with Gasteiger partial charge in [-0.05, 0) is 6.42 Å². The van der Waals surface area contributed by atoms with Crippen LogP contribution in [-0.4, -0.2) is 0 Å². The van der Waals surface area contributed by atoms with Gasteiger partial charge in [-0.1, -0.05) is 212 Å². The molecule has 1 radical (unpaired) electrons. The van der Waals surface area contributed by atoms with Crippen molar-refractivity contribution in [2.45, 2.75) is 212 Å². The molecule has 0 unspecified atom stereocenters. The first kappa shape index (κ1) is 32.0. The third kappa shape index (κ3) is 26.6. The van der Waals surface area contributed by atoms with Crippen LogP contribution in [0.5, 0.6) is 0 Å². The van der Waals surface area contributed by atoms with Crippen LogP contribution in [0.15, 0.2) is 0 Å². The van der Waals surface area contributed by atoms with Crippen LogP contribution in [0.3, 0.4) is 0 Å². The number of hydrogen-bond acceptors (Lipinski definition) is 0. The molecule has 1 aliphatic rings. The topological polar surface area (TPSA) is 0 Å². The average Bonchev–Trinajstić information content (AvgIpc) is 2.85. The van der Waals surface area contributed by atoms with Crippen LogP contribution < -0.4 is 0 Å². The fourth-order valence-electron chi connectivity index (χ4n) is 5.85. The summed E-state index contributed by atoms with van der Waals surface area (Å²) in [4.78, 5) is 0. The van der Waals surface area contributed by atoms with E-state index in [1.165, 1.54) is 212 Å². The second-order valence-electron chi connectivity index (χ2n) is 11.8. The van der Waals surface area contributed by atoms with Crippen LogP contribution in [-0.2, 0) is 0 Å². The smallest absolute Gasteiger partial charge is 0.0386 e. The van der Waals surface area contributed by atoms with Crippen LogP contribution in [0.4, 0.5) is 0 Å². The monoisotopic (exact) mass is 476 g/mol. The van der Waals surface area contributed by atoms with Crippen molar-refractivity contribution >= 4 is 0 Å². The maximum Gasteiger partial charge on any atom is -0.0386 e. The summed E-state index contributed by atoms with van der Waals surface area (Å²) in [5.41, 5.74) is 0. The van der Waals surface area contributed by atoms with Gasteiger partial charge in [0.25, 0.3) is 0 Å². The van der Waals surface area contributed by atoms with Crippen molar-refractivity contribution in [3.8, 4) is 0 Å². The lowest BCUT2D eigenvalue weighted by Gasteiger charge is -2.05. The highest BCUT2D eigenvalue weighted by molar-refractivity contribution is 4.65. The van der Waals surface area contributed by atoms with E-state index in [-0.39, 0.29) is 0 Å². The second-order valence-corrected chi connectivity index (χ2v) is 11.8. The van der Waals surface area contributed by atoms with Crippen LogP contribution in [0.25, 0.3) is 0 Å². The molecule has 0 spiro atoms. The van der Waals surface area contributed by atoms with E-state index in [0.29, 0.717) is 0 Å². The summed E-state index contributed by atoms with van der Waals surface area (Å²) in [5.74, 6) is 0. The van der Waals surface area contributed by atoms with Crippen molar-refractivity contribution in [3.05, 3.63) is 6.42 Å². The van der Waals surface area contributed by atoms with Crippen molar-refractivity contribution in [2.75, 3.05) is 0 Å². The van der Waals surface area contributed by atoms with Gasteiger partial charge >= 0.3 is 0 Å². The Hall–Kier alpha value is 0. The van der Waals surface area contributed by atoms with Crippen molar-refractivity contribution in [1.29, 1.82) is 0 Å². The summed E-state index contributed by atoms with van der Waals surface area (Å²) in [6.45, 7) is 0. The van der Waals surface area contributed by atoms with Crippen molar-refractivity contribution < 1.29 is 0 Å². The zero-order valence-corrected chi connectivity index (χ0v) is 23.9. The molecule has 0 amide bonds. The van der Waals surface area contributed by atoms with Gasteiger partial charge in [0.1, 0.15) is 0 Å². The lowest BCUT2D eigenvalue weighted by Crippen LogP contribution is -1.86. The summed E-state index contributed by atoms with van der Waals surface area (Å²) in [5, 5.41) is 0. The van der Waals surface area contributed by atoms with Crippen LogP contribution in [0.1, 0.15) is 212 Å². The van der Waals surface area contributed by atoms with Crippen molar-refractivity contribution in [2.24, 2.45) is 0 Å². The predicted molar refractivity (Wildman–Crippen MR) is 157 cm³/mol. The Morgan fingerprint density at radius 3 is 0.412 bits per heavy atom. The van der Waals surface area contributed by atoms with Crippen LogP contribution in [0, 0.1) is 6.42 Å². The van der Waals surface area contributed by atoms with E-state index in [1.807, 2.05) is 0 Å². The first-order valence-corrected chi connectivity index (χ1v) is 16.8. The Kier molecular flexibility index (Phi) is 27.5. The van der Waals surface area contributed by atoms with E-state index in [0.717, 1.165) is 0 Å². The molecule has 0 aliphatic heterocycles. The first-order chi connectivity index (χ1) is 17.0. The van der Waals surface area contributed by atoms with Gasteiger partial charge in [-0.15, -0.1) is 0 Å². The zero-order valence-electron chi connectivity index (χ0n) is 23.9. The molecule has 0 saturated heterocycles. The number of hydrogen-bond donors (Lipinski definition) is 0. The maximum atomic E-state index is 2.59. The molecular weight excluding hydrogens is 408 g/mol. The highest BCUT2D eigenvalue weighted by Gasteiger charge is 1.98. The predicted octanol–water partition coefficient (Wildman–Crippen LogP) is 13.1. The molecule has 0 atom stereocenters. The summed E-state index contributed by atoms with van der Waals surface area (Å²) < 4.78 is 0. The Morgan fingerprint density at radius 1 is 0.147 bits per heavy atom. The molecule has 1 aliphatic carbocycles. The summed E-state index contributed by atoms with van der Waals surface area (Å²) in [6, 6.07) is 0. The third-order valence-electron chi connectivity index (χ3n) is 8.32. The molecule has 34 heavy (non-hydrogen) atoms. The summed E-state index contributed by atoms with van der Waals surface area (Å²) in [7, 11) is 0. The fraction of sp³-hybridized carbons (Fsp3) is 0.971. The SMILES string of the molecule is [CH]1CCCCCCCCCCCCCCCCCCCCCCCCCCCCCCCCC1. The molecule has 1 rings (SSSR count). The fourth-order valence-corrected chi connectivity index (χ4v) is 5.85. The Labute approximate surface area is 218 Å². The van der Waals surface area contributed by atoms with Gasteiger partial charge in [0.2, 0.25) is 0 Å². The molecule has 203 valence electrons. The van der Waals surface area contributed by atoms with Crippen molar-refractivity contribution in [3.63, 3.8) is 0 Å². The Balaban J connectivity index is 2.00. The lowest BCUT2D eigenvalue weighted by atomic mass is 10.0.